The first kappa shape index (κ1) is 17.2. The molecule has 7 heteroatoms. The minimum atomic E-state index is -0.379. The van der Waals surface area contributed by atoms with Crippen LogP contribution in [-0.2, 0) is 0 Å². The molecule has 27 heavy (non-hydrogen) atoms. The van der Waals surface area contributed by atoms with E-state index in [1.807, 2.05) is 12.1 Å². The van der Waals surface area contributed by atoms with Gasteiger partial charge in [0.05, 0.1) is 22.2 Å². The second kappa shape index (κ2) is 7.19. The molecule has 0 amide bonds. The first-order chi connectivity index (χ1) is 13.1. The van der Waals surface area contributed by atoms with Crippen molar-refractivity contribution in [1.82, 2.24) is 9.78 Å². The first-order valence-corrected chi connectivity index (χ1v) is 9.16. The fourth-order valence-electron chi connectivity index (χ4n) is 3.64. The van der Waals surface area contributed by atoms with Crippen LogP contribution < -0.4 is 10.5 Å². The number of rotatable bonds is 3. The third kappa shape index (κ3) is 3.28. The predicted molar refractivity (Wildman–Crippen MR) is 105 cm³/mol. The van der Waals surface area contributed by atoms with Crippen molar-refractivity contribution in [1.29, 1.82) is 0 Å². The van der Waals surface area contributed by atoms with Gasteiger partial charge in [0.1, 0.15) is 5.69 Å². The lowest BCUT2D eigenvalue weighted by atomic mass is 10.2. The molecule has 1 aromatic heterocycles. The summed E-state index contributed by atoms with van der Waals surface area (Å²) in [7, 11) is 0. The Balaban J connectivity index is 1.81. The number of nitrogens with zero attached hydrogens (tertiary/aromatic N) is 4. The summed E-state index contributed by atoms with van der Waals surface area (Å²) in [5.74, 6) is 0. The molecule has 4 rings (SSSR count). The van der Waals surface area contributed by atoms with Gasteiger partial charge in [-0.05, 0) is 31.0 Å². The van der Waals surface area contributed by atoms with Crippen molar-refractivity contribution >= 4 is 22.1 Å². The average molecular weight is 364 g/mol. The summed E-state index contributed by atoms with van der Waals surface area (Å²) < 4.78 is 1.22. The Morgan fingerprint density at radius 1 is 1.00 bits per heavy atom. The van der Waals surface area contributed by atoms with Crippen molar-refractivity contribution in [2.75, 3.05) is 18.0 Å². The monoisotopic (exact) mass is 364 g/mol. The molecule has 0 radical (unpaired) electrons. The zero-order valence-electron chi connectivity index (χ0n) is 14.9. The van der Waals surface area contributed by atoms with E-state index >= 15 is 0 Å². The van der Waals surface area contributed by atoms with Crippen LogP contribution in [0.3, 0.4) is 0 Å². The fraction of sp³-hybridized carbons (Fsp3) is 0.300. The van der Waals surface area contributed by atoms with Crippen LogP contribution in [0.15, 0.2) is 53.5 Å². The van der Waals surface area contributed by atoms with Crippen molar-refractivity contribution in [2.45, 2.75) is 25.7 Å². The van der Waals surface area contributed by atoms with Gasteiger partial charge in [0, 0.05) is 24.5 Å². The van der Waals surface area contributed by atoms with Gasteiger partial charge in [0.15, 0.2) is 0 Å². The number of aromatic nitrogens is 2. The Morgan fingerprint density at radius 2 is 1.74 bits per heavy atom. The molecule has 1 aliphatic rings. The summed E-state index contributed by atoms with van der Waals surface area (Å²) in [5.41, 5.74) is 0.733. The van der Waals surface area contributed by atoms with E-state index in [1.54, 1.807) is 30.5 Å². The number of fused-ring (bicyclic) bond motifs is 1. The standard InChI is InChI=1S/C20H20N4O3/c25-20-17-8-4-3-7-15(17)14-21-23(20)16-9-10-18(19(13-16)24(26)27)22-11-5-1-2-6-12-22/h3-4,7-10,13-14H,1-2,5-6,11-12H2. The normalized spacial score (nSPS) is 14.9. The van der Waals surface area contributed by atoms with Crippen molar-refractivity contribution in [3.63, 3.8) is 0 Å². The van der Waals surface area contributed by atoms with Gasteiger partial charge in [0.25, 0.3) is 11.2 Å². The maximum atomic E-state index is 12.8. The van der Waals surface area contributed by atoms with Crippen molar-refractivity contribution in [3.8, 4) is 5.69 Å². The van der Waals surface area contributed by atoms with Gasteiger partial charge in [-0.25, -0.2) is 0 Å². The molecule has 3 aromatic rings. The fourth-order valence-corrected chi connectivity index (χ4v) is 3.64. The highest BCUT2D eigenvalue weighted by Crippen LogP contribution is 2.31. The molecule has 0 spiro atoms. The summed E-state index contributed by atoms with van der Waals surface area (Å²) in [6.45, 7) is 1.63. The summed E-state index contributed by atoms with van der Waals surface area (Å²) in [6, 6.07) is 12.1. The summed E-state index contributed by atoms with van der Waals surface area (Å²) in [6.07, 6.45) is 5.97. The molecular weight excluding hydrogens is 344 g/mol. The van der Waals surface area contributed by atoms with Gasteiger partial charge in [-0.1, -0.05) is 31.0 Å². The van der Waals surface area contributed by atoms with Crippen LogP contribution in [0.1, 0.15) is 25.7 Å². The average Bonchev–Trinajstić information content (AvgIpc) is 2.97. The number of hydrogen-bond acceptors (Lipinski definition) is 5. The number of anilines is 1. The molecule has 1 fully saturated rings. The van der Waals surface area contributed by atoms with Crippen molar-refractivity contribution in [3.05, 3.63) is 69.1 Å². The van der Waals surface area contributed by atoms with Crippen LogP contribution in [0.5, 0.6) is 0 Å². The molecule has 0 unspecified atom stereocenters. The second-order valence-corrected chi connectivity index (χ2v) is 6.78. The van der Waals surface area contributed by atoms with Gasteiger partial charge in [-0.15, -0.1) is 0 Å². The van der Waals surface area contributed by atoms with E-state index < -0.39 is 0 Å². The minimum absolute atomic E-state index is 0.0104. The third-order valence-corrected chi connectivity index (χ3v) is 5.04. The van der Waals surface area contributed by atoms with E-state index in [0.29, 0.717) is 16.8 Å². The van der Waals surface area contributed by atoms with Gasteiger partial charge in [0.2, 0.25) is 0 Å². The lowest BCUT2D eigenvalue weighted by Gasteiger charge is -2.22. The van der Waals surface area contributed by atoms with Crippen LogP contribution in [0.25, 0.3) is 16.5 Å². The lowest BCUT2D eigenvalue weighted by Crippen LogP contribution is -2.25. The SMILES string of the molecule is O=c1c2ccccc2cnn1-c1ccc(N2CCCCCC2)c([N+](=O)[O-])c1. The van der Waals surface area contributed by atoms with Crippen molar-refractivity contribution in [2.24, 2.45) is 0 Å². The van der Waals surface area contributed by atoms with E-state index in [1.165, 1.54) is 10.7 Å². The largest absolute Gasteiger partial charge is 0.366 e. The van der Waals surface area contributed by atoms with Gasteiger partial charge in [-0.3, -0.25) is 14.9 Å². The molecule has 1 saturated heterocycles. The van der Waals surface area contributed by atoms with E-state index in [0.717, 1.165) is 44.2 Å². The third-order valence-electron chi connectivity index (χ3n) is 5.04. The Labute approximate surface area is 156 Å². The molecule has 0 aliphatic carbocycles. The molecule has 138 valence electrons. The highest BCUT2D eigenvalue weighted by atomic mass is 16.6. The molecule has 0 saturated carbocycles. The Kier molecular flexibility index (Phi) is 4.58. The smallest absolute Gasteiger partial charge is 0.294 e. The number of nitro groups is 1. The topological polar surface area (TPSA) is 81.3 Å². The zero-order valence-corrected chi connectivity index (χ0v) is 14.9. The van der Waals surface area contributed by atoms with Crippen molar-refractivity contribution < 1.29 is 4.92 Å². The Morgan fingerprint density at radius 3 is 2.48 bits per heavy atom. The van der Waals surface area contributed by atoms with E-state index in [4.69, 9.17) is 0 Å². The van der Waals surface area contributed by atoms with Crippen LogP contribution >= 0.6 is 0 Å². The summed E-state index contributed by atoms with van der Waals surface area (Å²) in [5, 5.41) is 17.2. The van der Waals surface area contributed by atoms with E-state index in [9.17, 15) is 14.9 Å². The van der Waals surface area contributed by atoms with Gasteiger partial charge in [-0.2, -0.15) is 9.78 Å². The Bertz CT molecular complexity index is 1050. The van der Waals surface area contributed by atoms with Gasteiger partial charge < -0.3 is 4.90 Å². The molecule has 0 bridgehead atoms. The number of hydrogen-bond donors (Lipinski definition) is 0. The minimum Gasteiger partial charge on any atom is -0.366 e. The highest BCUT2D eigenvalue weighted by molar-refractivity contribution is 5.80. The quantitative estimate of drug-likeness (QED) is 0.523. The number of benzene rings is 2. The number of nitro benzene ring substituents is 1. The zero-order chi connectivity index (χ0) is 18.8. The summed E-state index contributed by atoms with van der Waals surface area (Å²) >= 11 is 0. The van der Waals surface area contributed by atoms with Crippen LogP contribution in [-0.4, -0.2) is 27.8 Å². The van der Waals surface area contributed by atoms with Crippen LogP contribution in [0, 0.1) is 10.1 Å². The molecule has 2 heterocycles. The molecule has 0 atom stereocenters. The Hall–Kier alpha value is -3.22. The highest BCUT2D eigenvalue weighted by Gasteiger charge is 2.22. The first-order valence-electron chi connectivity index (χ1n) is 9.16. The maximum Gasteiger partial charge on any atom is 0.294 e. The summed E-state index contributed by atoms with van der Waals surface area (Å²) in [4.78, 5) is 26.2. The lowest BCUT2D eigenvalue weighted by molar-refractivity contribution is -0.384. The molecule has 7 nitrogen and oxygen atoms in total. The molecule has 1 aliphatic heterocycles. The molecule has 2 aromatic carbocycles. The van der Waals surface area contributed by atoms with Gasteiger partial charge >= 0.3 is 0 Å². The molecular formula is C20H20N4O3. The van der Waals surface area contributed by atoms with Crippen LogP contribution in [0.4, 0.5) is 11.4 Å². The predicted octanol–water partition coefficient (Wildman–Crippen LogP) is 3.67. The second-order valence-electron chi connectivity index (χ2n) is 6.78. The molecule has 0 N–H and O–H groups in total. The van der Waals surface area contributed by atoms with E-state index in [2.05, 4.69) is 10.00 Å². The van der Waals surface area contributed by atoms with E-state index in [-0.39, 0.29) is 16.2 Å². The maximum absolute atomic E-state index is 12.8. The van der Waals surface area contributed by atoms with Crippen LogP contribution in [0.2, 0.25) is 0 Å².